The molecule has 1 unspecified atom stereocenters. The van der Waals surface area contributed by atoms with E-state index in [1.54, 1.807) is 5.56 Å². The first-order valence-corrected chi connectivity index (χ1v) is 7.47. The van der Waals surface area contributed by atoms with E-state index in [9.17, 15) is 0 Å². The summed E-state index contributed by atoms with van der Waals surface area (Å²) in [5, 5.41) is 3.74. The first kappa shape index (κ1) is 12.2. The summed E-state index contributed by atoms with van der Waals surface area (Å²) in [6.45, 7) is 4.98. The van der Waals surface area contributed by atoms with Crippen LogP contribution in [0.4, 0.5) is 0 Å². The summed E-state index contributed by atoms with van der Waals surface area (Å²) in [6, 6.07) is 9.51. The molecule has 98 valence electrons. The van der Waals surface area contributed by atoms with E-state index in [2.05, 4.69) is 34.5 Å². The predicted molar refractivity (Wildman–Crippen MR) is 75.8 cm³/mol. The lowest BCUT2D eigenvalue weighted by Gasteiger charge is -2.27. The van der Waals surface area contributed by atoms with Crippen molar-refractivity contribution in [1.29, 1.82) is 0 Å². The molecule has 0 amide bonds. The summed E-state index contributed by atoms with van der Waals surface area (Å²) in [6.07, 6.45) is 6.75. The summed E-state index contributed by atoms with van der Waals surface area (Å²) in [7, 11) is 0. The minimum absolute atomic E-state index is 0.603. The Morgan fingerprint density at radius 1 is 1.11 bits per heavy atom. The number of aryl methyl sites for hydroxylation is 1. The van der Waals surface area contributed by atoms with Crippen molar-refractivity contribution < 1.29 is 0 Å². The molecule has 2 aliphatic rings. The van der Waals surface area contributed by atoms with Crippen LogP contribution in [-0.4, -0.2) is 31.1 Å². The van der Waals surface area contributed by atoms with Gasteiger partial charge in [-0.3, -0.25) is 0 Å². The lowest BCUT2D eigenvalue weighted by atomic mass is 10.1. The van der Waals surface area contributed by atoms with E-state index in [-0.39, 0.29) is 0 Å². The summed E-state index contributed by atoms with van der Waals surface area (Å²) in [5.74, 6) is 0. The number of rotatable bonds is 4. The topological polar surface area (TPSA) is 15.3 Å². The van der Waals surface area contributed by atoms with E-state index in [1.165, 1.54) is 57.3 Å². The molecule has 1 aromatic carbocycles. The van der Waals surface area contributed by atoms with Crippen molar-refractivity contribution in [3.05, 3.63) is 35.4 Å². The highest BCUT2D eigenvalue weighted by Crippen LogP contribution is 2.30. The van der Waals surface area contributed by atoms with Crippen LogP contribution in [0.1, 0.15) is 42.9 Å². The van der Waals surface area contributed by atoms with E-state index in [0.29, 0.717) is 6.04 Å². The van der Waals surface area contributed by atoms with Crippen molar-refractivity contribution in [2.45, 2.75) is 38.1 Å². The maximum absolute atomic E-state index is 3.74. The zero-order valence-corrected chi connectivity index (χ0v) is 11.2. The minimum Gasteiger partial charge on any atom is -0.309 e. The number of nitrogens with zero attached hydrogens (tertiary/aromatic N) is 1. The van der Waals surface area contributed by atoms with Crippen LogP contribution >= 0.6 is 0 Å². The molecule has 0 bridgehead atoms. The van der Waals surface area contributed by atoms with Crippen LogP contribution in [0.25, 0.3) is 0 Å². The Kier molecular flexibility index (Phi) is 3.96. The molecular weight excluding hydrogens is 220 g/mol. The number of hydrogen-bond acceptors (Lipinski definition) is 2. The highest BCUT2D eigenvalue weighted by atomic mass is 15.1. The fourth-order valence-corrected chi connectivity index (χ4v) is 3.35. The molecule has 1 aliphatic carbocycles. The van der Waals surface area contributed by atoms with E-state index >= 15 is 0 Å². The quantitative estimate of drug-likeness (QED) is 0.876. The molecule has 1 aliphatic heterocycles. The second kappa shape index (κ2) is 5.85. The molecule has 2 nitrogen and oxygen atoms in total. The molecule has 1 fully saturated rings. The van der Waals surface area contributed by atoms with Gasteiger partial charge in [0.25, 0.3) is 0 Å². The maximum Gasteiger partial charge on any atom is 0.0326 e. The molecule has 2 heteroatoms. The molecule has 1 heterocycles. The number of piperidine rings is 1. The van der Waals surface area contributed by atoms with Gasteiger partial charge in [0.1, 0.15) is 0 Å². The van der Waals surface area contributed by atoms with Crippen molar-refractivity contribution in [3.8, 4) is 0 Å². The highest BCUT2D eigenvalue weighted by Gasteiger charge is 2.21. The summed E-state index contributed by atoms with van der Waals surface area (Å²) >= 11 is 0. The third-order valence-corrected chi connectivity index (χ3v) is 4.40. The first-order chi connectivity index (χ1) is 8.93. The van der Waals surface area contributed by atoms with Crippen LogP contribution in [0.2, 0.25) is 0 Å². The van der Waals surface area contributed by atoms with Gasteiger partial charge >= 0.3 is 0 Å². The third kappa shape index (κ3) is 2.76. The third-order valence-electron chi connectivity index (χ3n) is 4.40. The van der Waals surface area contributed by atoms with Crippen LogP contribution in [0.5, 0.6) is 0 Å². The van der Waals surface area contributed by atoms with Gasteiger partial charge in [0.2, 0.25) is 0 Å². The SMILES string of the molecule is c1ccc2c(c1)CCC2NCCN1CCCCC1. The molecule has 1 atom stereocenters. The van der Waals surface area contributed by atoms with Gasteiger partial charge in [-0.05, 0) is 49.9 Å². The monoisotopic (exact) mass is 244 g/mol. The Labute approximate surface area is 110 Å². The second-order valence-corrected chi connectivity index (χ2v) is 5.65. The fourth-order valence-electron chi connectivity index (χ4n) is 3.35. The smallest absolute Gasteiger partial charge is 0.0326 e. The van der Waals surface area contributed by atoms with E-state index < -0.39 is 0 Å². The molecule has 1 N–H and O–H groups in total. The molecule has 18 heavy (non-hydrogen) atoms. The normalized spacial score (nSPS) is 24.1. The van der Waals surface area contributed by atoms with Gasteiger partial charge in [0.05, 0.1) is 0 Å². The van der Waals surface area contributed by atoms with Crippen LogP contribution in [0.3, 0.4) is 0 Å². The van der Waals surface area contributed by atoms with Gasteiger partial charge in [-0.1, -0.05) is 30.7 Å². The second-order valence-electron chi connectivity index (χ2n) is 5.65. The average Bonchev–Trinajstić information content (AvgIpc) is 2.84. The van der Waals surface area contributed by atoms with Crippen molar-refractivity contribution in [1.82, 2.24) is 10.2 Å². The Hall–Kier alpha value is -0.860. The van der Waals surface area contributed by atoms with Crippen LogP contribution < -0.4 is 5.32 Å². The molecular formula is C16H24N2. The fraction of sp³-hybridized carbons (Fsp3) is 0.625. The molecule has 3 rings (SSSR count). The Bertz CT molecular complexity index is 382. The lowest BCUT2D eigenvalue weighted by molar-refractivity contribution is 0.226. The molecule has 1 aromatic rings. The van der Waals surface area contributed by atoms with Gasteiger partial charge < -0.3 is 10.2 Å². The largest absolute Gasteiger partial charge is 0.309 e. The van der Waals surface area contributed by atoms with Crippen molar-refractivity contribution >= 4 is 0 Å². The van der Waals surface area contributed by atoms with Crippen LogP contribution in [-0.2, 0) is 6.42 Å². The number of benzene rings is 1. The zero-order chi connectivity index (χ0) is 12.2. The molecule has 0 aromatic heterocycles. The molecule has 0 radical (unpaired) electrons. The van der Waals surface area contributed by atoms with Crippen LogP contribution in [0.15, 0.2) is 24.3 Å². The van der Waals surface area contributed by atoms with Gasteiger partial charge in [0, 0.05) is 19.1 Å². The van der Waals surface area contributed by atoms with Gasteiger partial charge in [0.15, 0.2) is 0 Å². The van der Waals surface area contributed by atoms with E-state index in [1.807, 2.05) is 0 Å². The van der Waals surface area contributed by atoms with Gasteiger partial charge in [-0.2, -0.15) is 0 Å². The number of hydrogen-bond donors (Lipinski definition) is 1. The summed E-state index contributed by atoms with van der Waals surface area (Å²) in [5.41, 5.74) is 3.09. The van der Waals surface area contributed by atoms with Gasteiger partial charge in [-0.25, -0.2) is 0 Å². The average molecular weight is 244 g/mol. The summed E-state index contributed by atoms with van der Waals surface area (Å²) in [4.78, 5) is 2.61. The predicted octanol–water partition coefficient (Wildman–Crippen LogP) is 2.75. The zero-order valence-electron chi connectivity index (χ0n) is 11.2. The van der Waals surface area contributed by atoms with Crippen molar-refractivity contribution in [2.24, 2.45) is 0 Å². The maximum atomic E-state index is 3.74. The Morgan fingerprint density at radius 2 is 1.94 bits per heavy atom. The number of nitrogens with one attached hydrogen (secondary N) is 1. The minimum atomic E-state index is 0.603. The summed E-state index contributed by atoms with van der Waals surface area (Å²) < 4.78 is 0. The van der Waals surface area contributed by atoms with Gasteiger partial charge in [-0.15, -0.1) is 0 Å². The Balaban J connectivity index is 1.47. The van der Waals surface area contributed by atoms with Crippen molar-refractivity contribution in [3.63, 3.8) is 0 Å². The van der Waals surface area contributed by atoms with Crippen molar-refractivity contribution in [2.75, 3.05) is 26.2 Å². The number of fused-ring (bicyclic) bond motifs is 1. The van der Waals surface area contributed by atoms with E-state index in [4.69, 9.17) is 0 Å². The highest BCUT2D eigenvalue weighted by molar-refractivity contribution is 5.34. The number of likely N-dealkylation sites (tertiary alicyclic amines) is 1. The standard InChI is InChI=1S/C16H24N2/c1-4-11-18(12-5-1)13-10-17-16-9-8-14-6-2-3-7-15(14)16/h2-3,6-7,16-17H,1,4-5,8-13H2. The molecule has 1 saturated heterocycles. The van der Waals surface area contributed by atoms with Crippen LogP contribution in [0, 0.1) is 0 Å². The molecule has 0 spiro atoms. The Morgan fingerprint density at radius 3 is 2.83 bits per heavy atom. The molecule has 0 saturated carbocycles. The lowest BCUT2D eigenvalue weighted by Crippen LogP contribution is -2.36. The van der Waals surface area contributed by atoms with E-state index in [0.717, 1.165) is 6.54 Å². The first-order valence-electron chi connectivity index (χ1n) is 7.47.